The van der Waals surface area contributed by atoms with Crippen LogP contribution >= 0.6 is 0 Å². The smallest absolute Gasteiger partial charge is 0.322 e. The Bertz CT molecular complexity index is 436. The van der Waals surface area contributed by atoms with Gasteiger partial charge < -0.3 is 10.0 Å². The molecule has 0 fully saturated rings. The topological polar surface area (TPSA) is 82.5 Å². The van der Waals surface area contributed by atoms with Crippen LogP contribution in [0.4, 0.5) is 15.0 Å². The minimum atomic E-state index is -0.977. The van der Waals surface area contributed by atoms with Crippen LogP contribution < -0.4 is 5.32 Å². The number of nitrogens with one attached hydrogen (secondary N) is 1. The van der Waals surface area contributed by atoms with Gasteiger partial charge >= 0.3 is 12.0 Å². The third kappa shape index (κ3) is 4.00. The molecule has 1 aromatic heterocycles. The zero-order valence-corrected chi connectivity index (χ0v) is 10.1. The predicted octanol–water partition coefficient (Wildman–Crippen LogP) is 1.41. The van der Waals surface area contributed by atoms with Crippen molar-refractivity contribution in [3.05, 3.63) is 24.1 Å². The second-order valence-corrected chi connectivity index (χ2v) is 3.91. The minimum absolute atomic E-state index is 0.0718. The lowest BCUT2D eigenvalue weighted by atomic mass is 10.2. The quantitative estimate of drug-likeness (QED) is 0.852. The Hall–Kier alpha value is -2.18. The first kappa shape index (κ1) is 13.9. The van der Waals surface area contributed by atoms with E-state index in [0.29, 0.717) is 0 Å². The predicted molar refractivity (Wildman–Crippen MR) is 62.6 cm³/mol. The first-order valence-electron chi connectivity index (χ1n) is 5.26. The summed E-state index contributed by atoms with van der Waals surface area (Å²) in [5, 5.41) is 11.2. The van der Waals surface area contributed by atoms with E-state index in [1.54, 1.807) is 0 Å². The summed E-state index contributed by atoms with van der Waals surface area (Å²) in [5.41, 5.74) is 0. The molecule has 0 aliphatic rings. The number of halogens is 1. The van der Waals surface area contributed by atoms with E-state index in [0.717, 1.165) is 6.20 Å². The number of carboxylic acids is 1. The Balaban J connectivity index is 2.54. The number of nitrogens with zero attached hydrogens (tertiary/aromatic N) is 2. The molecule has 1 aromatic rings. The number of carbonyl (C=O) groups excluding carboxylic acids is 1. The van der Waals surface area contributed by atoms with E-state index < -0.39 is 23.7 Å². The van der Waals surface area contributed by atoms with Crippen molar-refractivity contribution in [2.45, 2.75) is 6.92 Å². The summed E-state index contributed by atoms with van der Waals surface area (Å²) in [5.74, 6) is -1.94. The van der Waals surface area contributed by atoms with Gasteiger partial charge in [-0.2, -0.15) is 0 Å². The second kappa shape index (κ2) is 5.95. The molecule has 18 heavy (non-hydrogen) atoms. The van der Waals surface area contributed by atoms with Gasteiger partial charge in [-0.25, -0.2) is 14.2 Å². The number of pyridine rings is 1. The van der Waals surface area contributed by atoms with Crippen LogP contribution in [0.5, 0.6) is 0 Å². The van der Waals surface area contributed by atoms with Gasteiger partial charge in [-0.15, -0.1) is 0 Å². The largest absolute Gasteiger partial charge is 0.481 e. The highest BCUT2D eigenvalue weighted by atomic mass is 19.1. The summed E-state index contributed by atoms with van der Waals surface area (Å²) >= 11 is 0. The number of carboxylic acid groups (broad SMARTS) is 1. The van der Waals surface area contributed by atoms with E-state index in [1.165, 1.54) is 31.0 Å². The molecule has 1 rings (SSSR count). The van der Waals surface area contributed by atoms with E-state index in [-0.39, 0.29) is 12.4 Å². The van der Waals surface area contributed by atoms with Gasteiger partial charge in [-0.05, 0) is 12.1 Å². The Morgan fingerprint density at radius 1 is 1.56 bits per heavy atom. The molecule has 0 saturated carbocycles. The zero-order valence-electron chi connectivity index (χ0n) is 10.1. The number of urea groups is 1. The van der Waals surface area contributed by atoms with Crippen molar-refractivity contribution in [1.82, 2.24) is 9.88 Å². The fourth-order valence-corrected chi connectivity index (χ4v) is 1.23. The second-order valence-electron chi connectivity index (χ2n) is 3.91. The van der Waals surface area contributed by atoms with Crippen LogP contribution in [0.25, 0.3) is 0 Å². The molecule has 0 radical (unpaired) electrons. The van der Waals surface area contributed by atoms with Crippen LogP contribution in [-0.2, 0) is 4.79 Å². The first-order chi connectivity index (χ1) is 8.40. The maximum absolute atomic E-state index is 12.6. The molecule has 0 aromatic carbocycles. The molecule has 2 N–H and O–H groups in total. The van der Waals surface area contributed by atoms with Gasteiger partial charge in [-0.1, -0.05) is 6.92 Å². The van der Waals surface area contributed by atoms with E-state index >= 15 is 0 Å². The zero-order chi connectivity index (χ0) is 13.7. The Morgan fingerprint density at radius 2 is 2.22 bits per heavy atom. The van der Waals surface area contributed by atoms with E-state index in [1.807, 2.05) is 0 Å². The lowest BCUT2D eigenvalue weighted by Crippen LogP contribution is -2.36. The Labute approximate surface area is 103 Å². The first-order valence-corrected chi connectivity index (χ1v) is 5.26. The minimum Gasteiger partial charge on any atom is -0.481 e. The van der Waals surface area contributed by atoms with Gasteiger partial charge in [0.05, 0.1) is 12.1 Å². The van der Waals surface area contributed by atoms with Crippen molar-refractivity contribution in [2.24, 2.45) is 5.92 Å². The molecule has 7 heteroatoms. The third-order valence-corrected chi connectivity index (χ3v) is 2.28. The molecule has 0 aliphatic carbocycles. The Kier molecular flexibility index (Phi) is 4.59. The van der Waals surface area contributed by atoms with Crippen molar-refractivity contribution in [3.63, 3.8) is 0 Å². The van der Waals surface area contributed by atoms with Crippen LogP contribution in [0.15, 0.2) is 18.3 Å². The van der Waals surface area contributed by atoms with Crippen molar-refractivity contribution < 1.29 is 19.1 Å². The van der Waals surface area contributed by atoms with Crippen LogP contribution in [-0.4, -0.2) is 40.6 Å². The summed E-state index contributed by atoms with van der Waals surface area (Å²) in [4.78, 5) is 27.2. The highest BCUT2D eigenvalue weighted by Crippen LogP contribution is 2.05. The number of hydrogen-bond donors (Lipinski definition) is 2. The van der Waals surface area contributed by atoms with Crippen molar-refractivity contribution >= 4 is 17.8 Å². The van der Waals surface area contributed by atoms with Gasteiger partial charge in [0.1, 0.15) is 11.6 Å². The number of anilines is 1. The number of amides is 2. The van der Waals surface area contributed by atoms with Gasteiger partial charge in [0, 0.05) is 13.6 Å². The van der Waals surface area contributed by atoms with E-state index in [4.69, 9.17) is 5.11 Å². The molecular formula is C11H14FN3O3. The number of aromatic nitrogens is 1. The van der Waals surface area contributed by atoms with E-state index in [2.05, 4.69) is 10.3 Å². The highest BCUT2D eigenvalue weighted by molar-refractivity contribution is 5.88. The van der Waals surface area contributed by atoms with Crippen LogP contribution in [0, 0.1) is 11.7 Å². The Morgan fingerprint density at radius 3 is 2.72 bits per heavy atom. The van der Waals surface area contributed by atoms with Gasteiger partial charge in [0.2, 0.25) is 0 Å². The molecule has 6 nitrogen and oxygen atoms in total. The molecule has 0 aliphatic heterocycles. The lowest BCUT2D eigenvalue weighted by Gasteiger charge is -2.19. The SMILES string of the molecule is CC(CN(C)C(=O)Nc1ccc(F)cn1)C(=O)O. The standard InChI is InChI=1S/C11H14FN3O3/c1-7(10(16)17)6-15(2)11(18)14-9-4-3-8(12)5-13-9/h3-5,7H,6H2,1-2H3,(H,16,17)(H,13,14,18). The molecular weight excluding hydrogens is 241 g/mol. The summed E-state index contributed by atoms with van der Waals surface area (Å²) < 4.78 is 12.6. The summed E-state index contributed by atoms with van der Waals surface area (Å²) in [6.07, 6.45) is 0.982. The fourth-order valence-electron chi connectivity index (χ4n) is 1.23. The molecule has 98 valence electrons. The summed E-state index contributed by atoms with van der Waals surface area (Å²) in [7, 11) is 1.47. The van der Waals surface area contributed by atoms with Crippen molar-refractivity contribution in [3.8, 4) is 0 Å². The number of carbonyl (C=O) groups is 2. The molecule has 1 atom stereocenters. The summed E-state index contributed by atoms with van der Waals surface area (Å²) in [6, 6.07) is 1.99. The van der Waals surface area contributed by atoms with Crippen LogP contribution in [0.3, 0.4) is 0 Å². The number of rotatable bonds is 4. The van der Waals surface area contributed by atoms with Crippen LogP contribution in [0.1, 0.15) is 6.92 Å². The maximum atomic E-state index is 12.6. The average molecular weight is 255 g/mol. The normalized spacial score (nSPS) is 11.7. The van der Waals surface area contributed by atoms with Gasteiger partial charge in [-0.3, -0.25) is 10.1 Å². The lowest BCUT2D eigenvalue weighted by molar-refractivity contribution is -0.141. The third-order valence-electron chi connectivity index (χ3n) is 2.28. The molecule has 2 amide bonds. The molecule has 0 saturated heterocycles. The molecule has 1 unspecified atom stereocenters. The van der Waals surface area contributed by atoms with Crippen molar-refractivity contribution in [2.75, 3.05) is 18.9 Å². The van der Waals surface area contributed by atoms with Crippen molar-refractivity contribution in [1.29, 1.82) is 0 Å². The fraction of sp³-hybridized carbons (Fsp3) is 0.364. The average Bonchev–Trinajstić information content (AvgIpc) is 2.31. The monoisotopic (exact) mass is 255 g/mol. The molecule has 0 spiro atoms. The molecule has 0 bridgehead atoms. The van der Waals surface area contributed by atoms with Gasteiger partial charge in [0.25, 0.3) is 0 Å². The highest BCUT2D eigenvalue weighted by Gasteiger charge is 2.17. The number of aliphatic carboxylic acids is 1. The maximum Gasteiger partial charge on any atom is 0.322 e. The number of hydrogen-bond acceptors (Lipinski definition) is 3. The molecule has 1 heterocycles. The van der Waals surface area contributed by atoms with Crippen LogP contribution in [0.2, 0.25) is 0 Å². The van der Waals surface area contributed by atoms with Gasteiger partial charge in [0.15, 0.2) is 0 Å². The summed E-state index contributed by atoms with van der Waals surface area (Å²) in [6.45, 7) is 1.57. The van der Waals surface area contributed by atoms with E-state index in [9.17, 15) is 14.0 Å².